The maximum Gasteiger partial charge on any atom is 0.273 e. The quantitative estimate of drug-likeness (QED) is 0.784. The van der Waals surface area contributed by atoms with Crippen LogP contribution in [0.4, 0.5) is 0 Å². The maximum atomic E-state index is 12.3. The summed E-state index contributed by atoms with van der Waals surface area (Å²) in [5, 5.41) is 12.2. The van der Waals surface area contributed by atoms with Gasteiger partial charge < -0.3 is 14.8 Å². The molecular weight excluding hydrogens is 292 g/mol. The number of aromatic nitrogens is 1. The predicted molar refractivity (Wildman–Crippen MR) is 89.0 cm³/mol. The molecule has 0 aliphatic rings. The summed E-state index contributed by atoms with van der Waals surface area (Å²) in [6.45, 7) is 4.80. The van der Waals surface area contributed by atoms with Gasteiger partial charge in [-0.1, -0.05) is 32.0 Å². The van der Waals surface area contributed by atoms with Crippen molar-refractivity contribution >= 4 is 5.91 Å². The topological polar surface area (TPSA) is 75.4 Å². The van der Waals surface area contributed by atoms with Gasteiger partial charge in [-0.3, -0.25) is 4.79 Å². The van der Waals surface area contributed by atoms with Gasteiger partial charge in [0.05, 0.1) is 0 Å². The van der Waals surface area contributed by atoms with E-state index in [4.69, 9.17) is 4.42 Å². The Bertz CT molecular complexity index is 618. The first-order valence-electron chi connectivity index (χ1n) is 8.04. The fraction of sp³-hybridized carbons (Fsp3) is 0.444. The summed E-state index contributed by atoms with van der Waals surface area (Å²) in [5.41, 5.74) is 1.04. The van der Waals surface area contributed by atoms with Gasteiger partial charge in [0.2, 0.25) is 5.89 Å². The number of hydrogen-bond acceptors (Lipinski definition) is 4. The maximum absolute atomic E-state index is 12.3. The fourth-order valence-corrected chi connectivity index (χ4v) is 2.63. The van der Waals surface area contributed by atoms with Crippen LogP contribution in [0, 0.1) is 5.41 Å². The molecule has 1 amide bonds. The van der Waals surface area contributed by atoms with Crippen LogP contribution in [0.25, 0.3) is 11.5 Å². The van der Waals surface area contributed by atoms with E-state index in [1.165, 1.54) is 6.26 Å². The van der Waals surface area contributed by atoms with Crippen molar-refractivity contribution in [2.45, 2.75) is 33.1 Å². The molecular formula is C18H24N2O3. The number of nitrogens with zero attached hydrogens (tertiary/aromatic N) is 1. The van der Waals surface area contributed by atoms with E-state index >= 15 is 0 Å². The standard InChI is InChI=1S/C18H24N2O3/c1-3-18(4-2,10-11-21)13-19-16(22)15-12-23-17(20-15)14-8-6-5-7-9-14/h5-9,12,21H,3-4,10-11,13H2,1-2H3,(H,19,22). The van der Waals surface area contributed by atoms with E-state index in [1.807, 2.05) is 30.3 Å². The van der Waals surface area contributed by atoms with Crippen molar-refractivity contribution in [1.29, 1.82) is 0 Å². The number of carbonyl (C=O) groups excluding carboxylic acids is 1. The largest absolute Gasteiger partial charge is 0.444 e. The lowest BCUT2D eigenvalue weighted by Gasteiger charge is -2.31. The van der Waals surface area contributed by atoms with Crippen LogP contribution in [0.5, 0.6) is 0 Å². The SMILES string of the molecule is CCC(CC)(CCO)CNC(=O)c1coc(-c2ccccc2)n1. The summed E-state index contributed by atoms with van der Waals surface area (Å²) >= 11 is 0. The monoisotopic (exact) mass is 316 g/mol. The molecule has 5 nitrogen and oxygen atoms in total. The highest BCUT2D eigenvalue weighted by atomic mass is 16.3. The number of aliphatic hydroxyl groups excluding tert-OH is 1. The van der Waals surface area contributed by atoms with E-state index in [9.17, 15) is 9.90 Å². The first kappa shape index (κ1) is 17.2. The minimum atomic E-state index is -0.250. The third-order valence-corrected chi connectivity index (χ3v) is 4.52. The zero-order valence-corrected chi connectivity index (χ0v) is 13.7. The Morgan fingerprint density at radius 2 is 1.96 bits per heavy atom. The Labute approximate surface area is 136 Å². The Morgan fingerprint density at radius 3 is 2.57 bits per heavy atom. The van der Waals surface area contributed by atoms with Crippen molar-refractivity contribution in [2.75, 3.05) is 13.2 Å². The molecule has 23 heavy (non-hydrogen) atoms. The van der Waals surface area contributed by atoms with Crippen LogP contribution < -0.4 is 5.32 Å². The van der Waals surface area contributed by atoms with E-state index < -0.39 is 0 Å². The molecule has 1 aromatic heterocycles. The fourth-order valence-electron chi connectivity index (χ4n) is 2.63. The predicted octanol–water partition coefficient (Wildman–Crippen LogP) is 3.26. The average molecular weight is 316 g/mol. The highest BCUT2D eigenvalue weighted by Gasteiger charge is 2.26. The molecule has 0 bridgehead atoms. The van der Waals surface area contributed by atoms with Crippen molar-refractivity contribution in [3.8, 4) is 11.5 Å². The summed E-state index contributed by atoms with van der Waals surface area (Å²) in [5.74, 6) is 0.184. The Morgan fingerprint density at radius 1 is 1.26 bits per heavy atom. The van der Waals surface area contributed by atoms with Gasteiger partial charge in [0.1, 0.15) is 6.26 Å². The van der Waals surface area contributed by atoms with Crippen LogP contribution in [0.3, 0.4) is 0 Å². The summed E-state index contributed by atoms with van der Waals surface area (Å²) in [4.78, 5) is 16.5. The third kappa shape index (κ3) is 4.20. The highest BCUT2D eigenvalue weighted by Crippen LogP contribution is 2.29. The van der Waals surface area contributed by atoms with E-state index in [0.29, 0.717) is 18.9 Å². The van der Waals surface area contributed by atoms with E-state index in [0.717, 1.165) is 18.4 Å². The number of nitrogens with one attached hydrogen (secondary N) is 1. The molecule has 5 heteroatoms. The average Bonchev–Trinajstić information content (AvgIpc) is 3.09. The molecule has 2 N–H and O–H groups in total. The van der Waals surface area contributed by atoms with Gasteiger partial charge in [0, 0.05) is 18.7 Å². The van der Waals surface area contributed by atoms with E-state index in [1.54, 1.807) is 0 Å². The normalized spacial score (nSPS) is 11.4. The number of benzene rings is 1. The van der Waals surface area contributed by atoms with Crippen LogP contribution >= 0.6 is 0 Å². The molecule has 1 aromatic carbocycles. The number of carbonyl (C=O) groups is 1. The van der Waals surface area contributed by atoms with Crippen LogP contribution in [0.1, 0.15) is 43.6 Å². The lowest BCUT2D eigenvalue weighted by Crippen LogP contribution is -2.37. The number of oxazole rings is 1. The summed E-state index contributed by atoms with van der Waals surface area (Å²) in [6.07, 6.45) is 3.86. The first-order valence-corrected chi connectivity index (χ1v) is 8.04. The third-order valence-electron chi connectivity index (χ3n) is 4.52. The second-order valence-corrected chi connectivity index (χ2v) is 5.77. The number of hydrogen-bond donors (Lipinski definition) is 2. The van der Waals surface area contributed by atoms with Gasteiger partial charge >= 0.3 is 0 Å². The smallest absolute Gasteiger partial charge is 0.273 e. The molecule has 2 rings (SSSR count). The zero-order valence-electron chi connectivity index (χ0n) is 13.7. The number of aliphatic hydroxyl groups is 1. The van der Waals surface area contributed by atoms with Crippen molar-refractivity contribution in [1.82, 2.24) is 10.3 Å². The summed E-state index contributed by atoms with van der Waals surface area (Å²) in [7, 11) is 0. The summed E-state index contributed by atoms with van der Waals surface area (Å²) < 4.78 is 5.39. The molecule has 0 fully saturated rings. The van der Waals surface area contributed by atoms with Crippen LogP contribution in [0.15, 0.2) is 41.0 Å². The molecule has 2 aromatic rings. The molecule has 0 aliphatic carbocycles. The molecule has 0 atom stereocenters. The van der Waals surface area contributed by atoms with Gasteiger partial charge in [-0.25, -0.2) is 4.98 Å². The molecule has 0 saturated carbocycles. The minimum absolute atomic E-state index is 0.0730. The van der Waals surface area contributed by atoms with Gasteiger partial charge in [0.25, 0.3) is 5.91 Å². The van der Waals surface area contributed by atoms with Gasteiger partial charge in [-0.05, 0) is 36.8 Å². The van der Waals surface area contributed by atoms with Gasteiger partial charge in [-0.2, -0.15) is 0 Å². The number of rotatable bonds is 8. The molecule has 0 aliphatic heterocycles. The lowest BCUT2D eigenvalue weighted by atomic mass is 9.79. The second kappa shape index (κ2) is 7.92. The molecule has 0 radical (unpaired) electrons. The first-order chi connectivity index (χ1) is 11.1. The zero-order chi connectivity index (χ0) is 16.7. The molecule has 0 spiro atoms. The summed E-state index contributed by atoms with van der Waals surface area (Å²) in [6, 6.07) is 9.47. The van der Waals surface area contributed by atoms with Crippen LogP contribution in [0.2, 0.25) is 0 Å². The Balaban J connectivity index is 2.03. The number of amides is 1. The van der Waals surface area contributed by atoms with Crippen molar-refractivity contribution in [2.24, 2.45) is 5.41 Å². The van der Waals surface area contributed by atoms with Crippen molar-refractivity contribution in [3.63, 3.8) is 0 Å². The van der Waals surface area contributed by atoms with Gasteiger partial charge in [0.15, 0.2) is 5.69 Å². The molecule has 0 unspecified atom stereocenters. The van der Waals surface area contributed by atoms with Crippen LogP contribution in [-0.4, -0.2) is 29.1 Å². The minimum Gasteiger partial charge on any atom is -0.444 e. The highest BCUT2D eigenvalue weighted by molar-refractivity contribution is 5.92. The Kier molecular flexibility index (Phi) is 5.93. The Hall–Kier alpha value is -2.14. The van der Waals surface area contributed by atoms with E-state index in [2.05, 4.69) is 24.1 Å². The second-order valence-electron chi connectivity index (χ2n) is 5.77. The molecule has 124 valence electrons. The van der Waals surface area contributed by atoms with Gasteiger partial charge in [-0.15, -0.1) is 0 Å². The van der Waals surface area contributed by atoms with Crippen molar-refractivity contribution < 1.29 is 14.3 Å². The van der Waals surface area contributed by atoms with Crippen LogP contribution in [-0.2, 0) is 0 Å². The van der Waals surface area contributed by atoms with Crippen molar-refractivity contribution in [3.05, 3.63) is 42.3 Å². The molecule has 0 saturated heterocycles. The molecule has 1 heterocycles. The lowest BCUT2D eigenvalue weighted by molar-refractivity contribution is 0.0902. The van der Waals surface area contributed by atoms with E-state index in [-0.39, 0.29) is 23.6 Å².